The van der Waals surface area contributed by atoms with Crippen molar-refractivity contribution in [1.29, 1.82) is 5.26 Å². The molecule has 0 heterocycles. The number of carboxylic acid groups (broad SMARTS) is 1. The smallest absolute Gasteiger partial charge is 0.341 e. The van der Waals surface area contributed by atoms with Crippen LogP contribution < -0.4 is 10.1 Å². The number of carbonyl (C=O) groups is 2. The van der Waals surface area contributed by atoms with E-state index in [1.807, 2.05) is 43.3 Å². The highest BCUT2D eigenvalue weighted by atomic mass is 79.9. The van der Waals surface area contributed by atoms with E-state index in [4.69, 9.17) is 21.4 Å². The Hall–Kier alpha value is -2.82. The third-order valence-corrected chi connectivity index (χ3v) is 4.55. The maximum atomic E-state index is 12.4. The van der Waals surface area contributed by atoms with Crippen molar-refractivity contribution in [2.75, 3.05) is 6.61 Å². The largest absolute Gasteiger partial charge is 0.479 e. The van der Waals surface area contributed by atoms with Crippen LogP contribution in [0.15, 0.2) is 52.5 Å². The Morgan fingerprint density at radius 1 is 1.36 bits per heavy atom. The lowest BCUT2D eigenvalue weighted by Crippen LogP contribution is -2.27. The first-order valence-corrected chi connectivity index (χ1v) is 9.30. The number of amides is 1. The van der Waals surface area contributed by atoms with E-state index in [0.29, 0.717) is 10.0 Å². The number of nitrogens with zero attached hydrogens (tertiary/aromatic N) is 1. The number of carbonyl (C=O) groups excluding carboxylic acids is 1. The van der Waals surface area contributed by atoms with Crippen LogP contribution in [-0.4, -0.2) is 23.6 Å². The Balaban J connectivity index is 2.20. The number of nitriles is 1. The predicted octanol–water partition coefficient (Wildman–Crippen LogP) is 4.35. The SMILES string of the molecule is C[C@H](NC(=O)/C(C#N)=C\c1cc(Cl)c(OCC(=O)O)c(Br)c1)c1ccccc1. The topological polar surface area (TPSA) is 99.4 Å². The van der Waals surface area contributed by atoms with E-state index in [-0.39, 0.29) is 22.4 Å². The third-order valence-electron chi connectivity index (χ3n) is 3.68. The summed E-state index contributed by atoms with van der Waals surface area (Å²) in [5, 5.41) is 21.0. The van der Waals surface area contributed by atoms with Gasteiger partial charge in [0, 0.05) is 0 Å². The van der Waals surface area contributed by atoms with Crippen LogP contribution in [0.5, 0.6) is 5.75 Å². The molecule has 1 atom stereocenters. The summed E-state index contributed by atoms with van der Waals surface area (Å²) in [7, 11) is 0. The molecule has 0 fully saturated rings. The van der Waals surface area contributed by atoms with E-state index >= 15 is 0 Å². The van der Waals surface area contributed by atoms with Crippen molar-refractivity contribution in [3.05, 3.63) is 68.7 Å². The number of rotatable bonds is 7. The van der Waals surface area contributed by atoms with Crippen LogP contribution in [0.3, 0.4) is 0 Å². The fraction of sp³-hybridized carbons (Fsp3) is 0.150. The molecule has 0 saturated heterocycles. The van der Waals surface area contributed by atoms with Gasteiger partial charge in [0.1, 0.15) is 11.6 Å². The van der Waals surface area contributed by atoms with Crippen molar-refractivity contribution in [2.45, 2.75) is 13.0 Å². The van der Waals surface area contributed by atoms with Crippen LogP contribution in [-0.2, 0) is 9.59 Å². The number of nitrogens with one attached hydrogen (secondary N) is 1. The highest BCUT2D eigenvalue weighted by Crippen LogP contribution is 2.35. The summed E-state index contributed by atoms with van der Waals surface area (Å²) in [5.41, 5.74) is 1.31. The van der Waals surface area contributed by atoms with E-state index in [1.165, 1.54) is 12.1 Å². The molecule has 0 saturated carbocycles. The van der Waals surface area contributed by atoms with Gasteiger partial charge in [0.2, 0.25) is 0 Å². The van der Waals surface area contributed by atoms with Gasteiger partial charge in [0.15, 0.2) is 12.4 Å². The second-order valence-electron chi connectivity index (χ2n) is 5.77. The van der Waals surface area contributed by atoms with Gasteiger partial charge < -0.3 is 15.2 Å². The fourth-order valence-electron chi connectivity index (χ4n) is 2.35. The summed E-state index contributed by atoms with van der Waals surface area (Å²) in [6.45, 7) is 1.28. The maximum Gasteiger partial charge on any atom is 0.341 e. The third kappa shape index (κ3) is 5.84. The lowest BCUT2D eigenvalue weighted by Gasteiger charge is -2.14. The molecule has 2 N–H and O–H groups in total. The van der Waals surface area contributed by atoms with Gasteiger partial charge in [-0.25, -0.2) is 4.79 Å². The Bertz CT molecular complexity index is 931. The van der Waals surface area contributed by atoms with E-state index in [1.54, 1.807) is 6.07 Å². The number of halogens is 2. The summed E-state index contributed by atoms with van der Waals surface area (Å²) < 4.78 is 5.53. The Labute approximate surface area is 175 Å². The molecule has 2 aromatic carbocycles. The molecule has 2 rings (SSSR count). The van der Waals surface area contributed by atoms with E-state index < -0.39 is 18.5 Å². The molecule has 144 valence electrons. The summed E-state index contributed by atoms with van der Waals surface area (Å²) >= 11 is 9.38. The van der Waals surface area contributed by atoms with Gasteiger partial charge in [-0.1, -0.05) is 41.9 Å². The molecule has 8 heteroatoms. The minimum absolute atomic E-state index is 0.0926. The molecule has 2 aromatic rings. The fourth-order valence-corrected chi connectivity index (χ4v) is 3.34. The minimum atomic E-state index is -1.14. The van der Waals surface area contributed by atoms with Crippen molar-refractivity contribution in [1.82, 2.24) is 5.32 Å². The monoisotopic (exact) mass is 462 g/mol. The number of ether oxygens (including phenoxy) is 1. The number of benzene rings is 2. The molecule has 0 aliphatic carbocycles. The van der Waals surface area contributed by atoms with Crippen LogP contribution in [0, 0.1) is 11.3 Å². The molecule has 0 radical (unpaired) electrons. The van der Waals surface area contributed by atoms with Gasteiger partial charge in [-0.05, 0) is 52.2 Å². The molecular weight excluding hydrogens is 448 g/mol. The standard InChI is InChI=1S/C20H16BrClN2O4/c1-12(14-5-3-2-4-6-14)24-20(27)15(10-23)7-13-8-16(21)19(17(22)9-13)28-11-18(25)26/h2-9,12H,11H2,1H3,(H,24,27)(H,25,26)/b15-7-/t12-/m0/s1. The second kappa shape index (κ2) is 9.93. The Morgan fingerprint density at radius 2 is 2.04 bits per heavy atom. The van der Waals surface area contributed by atoms with Gasteiger partial charge in [-0.3, -0.25) is 4.79 Å². The van der Waals surface area contributed by atoms with Crippen molar-refractivity contribution >= 4 is 45.5 Å². The molecule has 1 amide bonds. The average Bonchev–Trinajstić information content (AvgIpc) is 2.65. The molecule has 0 bridgehead atoms. The van der Waals surface area contributed by atoms with E-state index in [0.717, 1.165) is 5.56 Å². The Kier molecular flexibility index (Phi) is 7.61. The molecule has 6 nitrogen and oxygen atoms in total. The highest BCUT2D eigenvalue weighted by Gasteiger charge is 2.15. The van der Waals surface area contributed by atoms with Gasteiger partial charge in [0.25, 0.3) is 5.91 Å². The number of hydrogen-bond acceptors (Lipinski definition) is 4. The normalized spacial score (nSPS) is 12.0. The summed E-state index contributed by atoms with van der Waals surface area (Å²) in [6.07, 6.45) is 1.39. The molecular formula is C20H16BrClN2O4. The maximum absolute atomic E-state index is 12.4. The second-order valence-corrected chi connectivity index (χ2v) is 7.03. The Morgan fingerprint density at radius 3 is 2.61 bits per heavy atom. The first-order chi connectivity index (χ1) is 13.3. The van der Waals surface area contributed by atoms with Crippen molar-refractivity contribution in [3.8, 4) is 11.8 Å². The molecule has 0 aliphatic rings. The molecule has 28 heavy (non-hydrogen) atoms. The quantitative estimate of drug-likeness (QED) is 0.470. The lowest BCUT2D eigenvalue weighted by atomic mass is 10.1. The van der Waals surface area contributed by atoms with Gasteiger partial charge in [-0.15, -0.1) is 0 Å². The van der Waals surface area contributed by atoms with Crippen LogP contribution in [0.2, 0.25) is 5.02 Å². The van der Waals surface area contributed by atoms with Crippen LogP contribution in [0.25, 0.3) is 6.08 Å². The number of hydrogen-bond donors (Lipinski definition) is 2. The van der Waals surface area contributed by atoms with Crippen LogP contribution in [0.4, 0.5) is 0 Å². The number of carboxylic acids is 1. The predicted molar refractivity (Wildman–Crippen MR) is 109 cm³/mol. The molecule has 0 unspecified atom stereocenters. The van der Waals surface area contributed by atoms with E-state index in [2.05, 4.69) is 21.2 Å². The average molecular weight is 464 g/mol. The summed E-state index contributed by atoms with van der Waals surface area (Å²) in [5.74, 6) is -1.48. The first kappa shape index (κ1) is 21.5. The molecule has 0 aliphatic heterocycles. The van der Waals surface area contributed by atoms with E-state index in [9.17, 15) is 14.9 Å². The van der Waals surface area contributed by atoms with Crippen molar-refractivity contribution in [3.63, 3.8) is 0 Å². The highest BCUT2D eigenvalue weighted by molar-refractivity contribution is 9.10. The minimum Gasteiger partial charge on any atom is -0.479 e. The zero-order valence-electron chi connectivity index (χ0n) is 14.8. The van der Waals surface area contributed by atoms with Crippen molar-refractivity contribution in [2.24, 2.45) is 0 Å². The van der Waals surface area contributed by atoms with Crippen LogP contribution >= 0.6 is 27.5 Å². The first-order valence-electron chi connectivity index (χ1n) is 8.13. The van der Waals surface area contributed by atoms with Crippen molar-refractivity contribution < 1.29 is 19.4 Å². The summed E-state index contributed by atoms with van der Waals surface area (Å²) in [4.78, 5) is 23.1. The van der Waals surface area contributed by atoms with Crippen LogP contribution in [0.1, 0.15) is 24.1 Å². The molecule has 0 spiro atoms. The van der Waals surface area contributed by atoms with Gasteiger partial charge in [-0.2, -0.15) is 5.26 Å². The zero-order chi connectivity index (χ0) is 20.7. The van der Waals surface area contributed by atoms with Gasteiger partial charge >= 0.3 is 5.97 Å². The molecule has 0 aromatic heterocycles. The van der Waals surface area contributed by atoms with Gasteiger partial charge in [0.05, 0.1) is 15.5 Å². The zero-order valence-corrected chi connectivity index (χ0v) is 17.1. The number of aliphatic carboxylic acids is 1. The summed E-state index contributed by atoms with van der Waals surface area (Å²) in [6, 6.07) is 14.0. The lowest BCUT2D eigenvalue weighted by molar-refractivity contribution is -0.139.